The van der Waals surface area contributed by atoms with Gasteiger partial charge >= 0.3 is 5.97 Å². The minimum absolute atomic E-state index is 0.0276. The number of carboxylic acids is 1. The molecule has 0 unspecified atom stereocenters. The molecule has 1 aromatic carbocycles. The maximum Gasteiger partial charge on any atom is 0.304 e. The van der Waals surface area contributed by atoms with E-state index in [4.69, 9.17) is 5.11 Å². The zero-order chi connectivity index (χ0) is 16.5. The second-order valence-electron chi connectivity index (χ2n) is 4.08. The largest absolute Gasteiger partial charge is 0.481 e. The molecule has 1 rings (SSSR count). The van der Waals surface area contributed by atoms with Gasteiger partial charge in [0, 0.05) is 23.6 Å². The van der Waals surface area contributed by atoms with Crippen LogP contribution in [0.3, 0.4) is 0 Å². The fourth-order valence-electron chi connectivity index (χ4n) is 1.41. The predicted molar refractivity (Wildman–Crippen MR) is 80.9 cm³/mol. The maximum atomic E-state index is 13.1. The molecule has 0 bridgehead atoms. The van der Waals surface area contributed by atoms with Gasteiger partial charge in [-0.05, 0) is 18.2 Å². The molecule has 0 spiro atoms. The summed E-state index contributed by atoms with van der Waals surface area (Å²) in [6.45, 7) is 0.297. The molecule has 122 valence electrons. The minimum atomic E-state index is -2.98. The Balaban J connectivity index is 2.34. The number of carbonyl (C=O) groups is 2. The van der Waals surface area contributed by atoms with Crippen molar-refractivity contribution in [3.63, 3.8) is 0 Å². The first-order valence-corrected chi connectivity index (χ1v) is 8.72. The zero-order valence-corrected chi connectivity index (χ0v) is 13.0. The van der Waals surface area contributed by atoms with E-state index < -0.39 is 29.7 Å². The average Bonchev–Trinajstić information content (AvgIpc) is 2.45. The Hall–Kier alpha value is -1.35. The predicted octanol–water partition coefficient (Wildman–Crippen LogP) is 3.35. The van der Waals surface area contributed by atoms with Crippen molar-refractivity contribution in [2.24, 2.45) is 0 Å². The van der Waals surface area contributed by atoms with E-state index in [1.54, 1.807) is 0 Å². The molecule has 0 aliphatic heterocycles. The van der Waals surface area contributed by atoms with Crippen LogP contribution in [0.15, 0.2) is 18.2 Å². The van der Waals surface area contributed by atoms with Crippen molar-refractivity contribution < 1.29 is 27.9 Å². The number of amides is 1. The van der Waals surface area contributed by atoms with Crippen molar-refractivity contribution in [2.45, 2.75) is 12.8 Å². The molecule has 4 nitrogen and oxygen atoms in total. The molecule has 2 N–H and O–H groups in total. The van der Waals surface area contributed by atoms with Crippen LogP contribution in [0.5, 0.6) is 0 Å². The van der Waals surface area contributed by atoms with Crippen LogP contribution in [0.25, 0.3) is 0 Å². The van der Waals surface area contributed by atoms with Gasteiger partial charge in [-0.1, -0.05) is 21.6 Å². The standard InChI is InChI=1S/C13H14F3NO3S2/c14-10-2-1-8(7-9(10)12(15)16)13(20)17-4-6-22-21-5-3-11(18)19/h1-2,7,12H,3-6H2,(H,17,20)(H,18,19). The first-order chi connectivity index (χ1) is 10.4. The smallest absolute Gasteiger partial charge is 0.304 e. The molecule has 0 saturated carbocycles. The van der Waals surface area contributed by atoms with Crippen molar-refractivity contribution in [3.8, 4) is 0 Å². The number of hydrogen-bond donors (Lipinski definition) is 2. The average molecular weight is 353 g/mol. The lowest BCUT2D eigenvalue weighted by Gasteiger charge is -2.07. The third-order valence-corrected chi connectivity index (χ3v) is 4.86. The van der Waals surface area contributed by atoms with Crippen LogP contribution >= 0.6 is 21.6 Å². The van der Waals surface area contributed by atoms with E-state index >= 15 is 0 Å². The second kappa shape index (κ2) is 9.62. The Morgan fingerprint density at radius 2 is 1.91 bits per heavy atom. The Bertz CT molecular complexity index is 529. The van der Waals surface area contributed by atoms with Gasteiger partial charge in [-0.25, -0.2) is 13.2 Å². The van der Waals surface area contributed by atoms with Crippen LogP contribution in [0.4, 0.5) is 13.2 Å². The molecule has 1 amide bonds. The number of rotatable bonds is 9. The molecule has 0 radical (unpaired) electrons. The molecule has 0 aromatic heterocycles. The van der Waals surface area contributed by atoms with Gasteiger partial charge in [0.2, 0.25) is 0 Å². The molecular weight excluding hydrogens is 339 g/mol. The molecule has 0 heterocycles. The maximum absolute atomic E-state index is 13.1. The molecule has 0 aliphatic rings. The number of alkyl halides is 2. The van der Waals surface area contributed by atoms with E-state index in [-0.39, 0.29) is 12.0 Å². The van der Waals surface area contributed by atoms with Crippen LogP contribution in [0.2, 0.25) is 0 Å². The summed E-state index contributed by atoms with van der Waals surface area (Å²) in [4.78, 5) is 22.0. The summed E-state index contributed by atoms with van der Waals surface area (Å²) in [6.07, 6.45) is -2.91. The van der Waals surface area contributed by atoms with E-state index in [0.717, 1.165) is 18.2 Å². The van der Waals surface area contributed by atoms with Crippen molar-refractivity contribution in [1.29, 1.82) is 0 Å². The lowest BCUT2D eigenvalue weighted by molar-refractivity contribution is -0.136. The van der Waals surface area contributed by atoms with Crippen LogP contribution in [-0.4, -0.2) is 35.0 Å². The van der Waals surface area contributed by atoms with E-state index in [1.807, 2.05) is 0 Å². The summed E-state index contributed by atoms with van der Waals surface area (Å²) in [5.74, 6) is -1.47. The Morgan fingerprint density at radius 1 is 1.23 bits per heavy atom. The highest BCUT2D eigenvalue weighted by Gasteiger charge is 2.16. The van der Waals surface area contributed by atoms with Gasteiger partial charge in [0.25, 0.3) is 12.3 Å². The number of carbonyl (C=O) groups excluding carboxylic acids is 1. The van der Waals surface area contributed by atoms with Crippen molar-refractivity contribution >= 4 is 33.5 Å². The lowest BCUT2D eigenvalue weighted by Crippen LogP contribution is -2.25. The molecule has 9 heteroatoms. The van der Waals surface area contributed by atoms with Gasteiger partial charge in [0.05, 0.1) is 12.0 Å². The second-order valence-corrected chi connectivity index (χ2v) is 6.78. The number of carboxylic acid groups (broad SMARTS) is 1. The van der Waals surface area contributed by atoms with E-state index in [9.17, 15) is 22.8 Å². The number of aliphatic carboxylic acids is 1. The highest BCUT2D eigenvalue weighted by molar-refractivity contribution is 8.76. The highest BCUT2D eigenvalue weighted by atomic mass is 33.1. The number of nitrogens with one attached hydrogen (secondary N) is 1. The van der Waals surface area contributed by atoms with E-state index in [2.05, 4.69) is 5.32 Å². The van der Waals surface area contributed by atoms with Gasteiger partial charge in [0.1, 0.15) is 5.82 Å². The van der Waals surface area contributed by atoms with E-state index in [1.165, 1.54) is 21.6 Å². The quantitative estimate of drug-likeness (QED) is 0.526. The summed E-state index contributed by atoms with van der Waals surface area (Å²) in [7, 11) is 2.77. The summed E-state index contributed by atoms with van der Waals surface area (Å²) >= 11 is 0. The molecule has 0 saturated heterocycles. The van der Waals surface area contributed by atoms with Crippen molar-refractivity contribution in [3.05, 3.63) is 35.1 Å². The molecule has 0 fully saturated rings. The SMILES string of the molecule is O=C(O)CCSSCCNC(=O)c1ccc(F)c(C(F)F)c1. The van der Waals surface area contributed by atoms with Gasteiger partial charge < -0.3 is 10.4 Å². The van der Waals surface area contributed by atoms with Crippen LogP contribution in [0.1, 0.15) is 28.8 Å². The first kappa shape index (κ1) is 18.7. The third kappa shape index (κ3) is 6.61. The van der Waals surface area contributed by atoms with E-state index in [0.29, 0.717) is 18.1 Å². The fraction of sp³-hybridized carbons (Fsp3) is 0.385. The third-order valence-electron chi connectivity index (χ3n) is 2.45. The summed E-state index contributed by atoms with van der Waals surface area (Å²) in [5.41, 5.74) is -0.827. The zero-order valence-electron chi connectivity index (χ0n) is 11.4. The first-order valence-electron chi connectivity index (χ1n) is 6.24. The monoisotopic (exact) mass is 353 g/mol. The van der Waals surface area contributed by atoms with Gasteiger partial charge in [-0.15, -0.1) is 0 Å². The topological polar surface area (TPSA) is 66.4 Å². The summed E-state index contributed by atoms with van der Waals surface area (Å²) < 4.78 is 38.2. The minimum Gasteiger partial charge on any atom is -0.481 e. The molecule has 0 atom stereocenters. The normalized spacial score (nSPS) is 10.7. The lowest BCUT2D eigenvalue weighted by atomic mass is 10.1. The van der Waals surface area contributed by atoms with Crippen LogP contribution < -0.4 is 5.32 Å². The summed E-state index contributed by atoms with van der Waals surface area (Å²) in [6, 6.07) is 2.82. The van der Waals surface area contributed by atoms with Crippen molar-refractivity contribution in [1.82, 2.24) is 5.32 Å². The Labute approximate surface area is 133 Å². The molecule has 0 aliphatic carbocycles. The van der Waals surface area contributed by atoms with Crippen molar-refractivity contribution in [2.75, 3.05) is 18.1 Å². The fourth-order valence-corrected chi connectivity index (χ4v) is 3.29. The number of hydrogen-bond acceptors (Lipinski definition) is 4. The highest BCUT2D eigenvalue weighted by Crippen LogP contribution is 2.23. The van der Waals surface area contributed by atoms with Gasteiger partial charge in [0.15, 0.2) is 0 Å². The molecule has 22 heavy (non-hydrogen) atoms. The van der Waals surface area contributed by atoms with Crippen LogP contribution in [-0.2, 0) is 4.79 Å². The summed E-state index contributed by atoms with van der Waals surface area (Å²) in [5, 5.41) is 11.0. The van der Waals surface area contributed by atoms with Gasteiger partial charge in [-0.2, -0.15) is 0 Å². The molecule has 1 aromatic rings. The Kier molecular flexibility index (Phi) is 8.18. The van der Waals surface area contributed by atoms with Crippen LogP contribution in [0, 0.1) is 5.82 Å². The van der Waals surface area contributed by atoms with Gasteiger partial charge in [-0.3, -0.25) is 9.59 Å². The Morgan fingerprint density at radius 3 is 2.55 bits per heavy atom. The molecular formula is C13H14F3NO3S2. The number of halogens is 3. The number of benzene rings is 1.